The van der Waals surface area contributed by atoms with Gasteiger partial charge in [0.05, 0.1) is 18.1 Å². The van der Waals surface area contributed by atoms with Gasteiger partial charge in [-0.3, -0.25) is 0 Å². The second-order valence-corrected chi connectivity index (χ2v) is 4.34. The van der Waals surface area contributed by atoms with Gasteiger partial charge in [0, 0.05) is 17.1 Å². The van der Waals surface area contributed by atoms with Gasteiger partial charge in [-0.2, -0.15) is 26.3 Å². The molecule has 0 aliphatic heterocycles. The molecule has 0 fully saturated rings. The Morgan fingerprint density at radius 3 is 1.32 bits per heavy atom. The van der Waals surface area contributed by atoms with Crippen LogP contribution in [0.3, 0.4) is 0 Å². The van der Waals surface area contributed by atoms with E-state index in [0.717, 1.165) is 13.8 Å². The van der Waals surface area contributed by atoms with E-state index in [0.29, 0.717) is 0 Å². The molecule has 0 aliphatic rings. The van der Waals surface area contributed by atoms with Crippen LogP contribution in [0.5, 0.6) is 0 Å². The number of aromatic nitrogens is 3. The van der Waals surface area contributed by atoms with Crippen molar-refractivity contribution in [2.75, 3.05) is 0 Å². The van der Waals surface area contributed by atoms with Crippen LogP contribution in [0.4, 0.5) is 26.3 Å². The minimum absolute atomic E-state index is 0. The van der Waals surface area contributed by atoms with E-state index in [2.05, 4.69) is 15.0 Å². The zero-order chi connectivity index (χ0) is 16.6. The third kappa shape index (κ3) is 5.04. The van der Waals surface area contributed by atoms with Gasteiger partial charge in [-0.25, -0.2) is 15.0 Å². The number of aliphatic hydroxyl groups excluding tert-OH is 2. The summed E-state index contributed by atoms with van der Waals surface area (Å²) in [6.07, 6.45) is -13.4. The normalized spacial score (nSPS) is 16.6. The van der Waals surface area contributed by atoms with Crippen LogP contribution in [-0.2, 0) is 29.4 Å². The number of alkyl halides is 6. The zero-order valence-corrected chi connectivity index (χ0v) is 12.0. The molecule has 5 nitrogen and oxygen atoms in total. The van der Waals surface area contributed by atoms with Crippen molar-refractivity contribution in [3.8, 4) is 0 Å². The van der Waals surface area contributed by atoms with Crippen molar-refractivity contribution in [1.82, 2.24) is 15.0 Å². The summed E-state index contributed by atoms with van der Waals surface area (Å²) in [5.74, 6) is -6.57. The zero-order valence-electron chi connectivity index (χ0n) is 11.0. The second-order valence-electron chi connectivity index (χ2n) is 4.34. The third-order valence-corrected chi connectivity index (χ3v) is 2.50. The molecule has 1 aromatic heterocycles. The predicted molar refractivity (Wildman–Crippen MR) is 55.9 cm³/mol. The Morgan fingerprint density at radius 2 is 1.09 bits per heavy atom. The predicted octanol–water partition coefficient (Wildman–Crippen LogP) is 1.75. The van der Waals surface area contributed by atoms with E-state index < -0.39 is 48.0 Å². The molecule has 22 heavy (non-hydrogen) atoms. The quantitative estimate of drug-likeness (QED) is 0.615. The van der Waals surface area contributed by atoms with Crippen LogP contribution in [-0.4, -0.2) is 37.4 Å². The monoisotopic (exact) mass is 382 g/mol. The van der Waals surface area contributed by atoms with Crippen molar-refractivity contribution < 1.29 is 53.6 Å². The number of halogens is 6. The molecule has 0 aromatic carbocycles. The minimum atomic E-state index is -5.22. The van der Waals surface area contributed by atoms with E-state index in [1.54, 1.807) is 0 Å². The summed E-state index contributed by atoms with van der Waals surface area (Å²) in [6.45, 7) is 2.17. The van der Waals surface area contributed by atoms with Gasteiger partial charge >= 0.3 is 12.4 Å². The molecular formula is C10H11CuF6N3O2. The molecule has 0 amide bonds. The van der Waals surface area contributed by atoms with Crippen molar-refractivity contribution in [3.63, 3.8) is 0 Å². The Hall–Kier alpha value is -0.971. The molecule has 0 aliphatic carbocycles. The first kappa shape index (κ1) is 21.0. The first-order valence-corrected chi connectivity index (χ1v) is 5.60. The largest absolute Gasteiger partial charge is 0.451 e. The fraction of sp³-hybridized carbons (Fsp3) is 0.700. The molecule has 131 valence electrons. The molecule has 12 heteroatoms. The molecule has 1 rings (SSSR count). The van der Waals surface area contributed by atoms with E-state index >= 15 is 0 Å². The SMILES string of the molecule is CC(O)C(c1nc(C(F)(F)F)nc(C(F)(F)F)n1)C(C)O.[Cu]. The van der Waals surface area contributed by atoms with E-state index in [4.69, 9.17) is 0 Å². The second kappa shape index (κ2) is 7.07. The third-order valence-electron chi connectivity index (χ3n) is 2.50. The van der Waals surface area contributed by atoms with E-state index in [-0.39, 0.29) is 17.1 Å². The van der Waals surface area contributed by atoms with Crippen molar-refractivity contribution in [1.29, 1.82) is 0 Å². The maximum absolute atomic E-state index is 12.6. The molecule has 2 unspecified atom stereocenters. The van der Waals surface area contributed by atoms with Gasteiger partial charge in [0.1, 0.15) is 5.82 Å². The summed E-state index contributed by atoms with van der Waals surface area (Å²) in [5, 5.41) is 18.8. The minimum Gasteiger partial charge on any atom is -0.393 e. The Labute approximate surface area is 131 Å². The summed E-state index contributed by atoms with van der Waals surface area (Å²) in [7, 11) is 0. The molecule has 0 spiro atoms. The number of nitrogens with zero attached hydrogens (tertiary/aromatic N) is 3. The number of hydrogen-bond acceptors (Lipinski definition) is 5. The summed E-state index contributed by atoms with van der Waals surface area (Å²) < 4.78 is 75.3. The first-order chi connectivity index (χ1) is 9.34. The average molecular weight is 383 g/mol. The summed E-state index contributed by atoms with van der Waals surface area (Å²) in [6, 6.07) is 0. The van der Waals surface area contributed by atoms with Crippen LogP contribution in [0.1, 0.15) is 37.2 Å². The van der Waals surface area contributed by atoms with Crippen LogP contribution in [0, 0.1) is 0 Å². The summed E-state index contributed by atoms with van der Waals surface area (Å²) in [5.41, 5.74) is 0. The molecule has 0 saturated carbocycles. The van der Waals surface area contributed by atoms with Crippen molar-refractivity contribution in [2.45, 2.75) is 44.3 Å². The van der Waals surface area contributed by atoms with Crippen molar-refractivity contribution in [3.05, 3.63) is 17.5 Å². The van der Waals surface area contributed by atoms with Gasteiger partial charge in [-0.15, -0.1) is 0 Å². The Balaban J connectivity index is 0.00000441. The molecule has 2 N–H and O–H groups in total. The van der Waals surface area contributed by atoms with E-state index in [9.17, 15) is 36.6 Å². The summed E-state index contributed by atoms with van der Waals surface area (Å²) in [4.78, 5) is 8.13. The van der Waals surface area contributed by atoms with Crippen LogP contribution >= 0.6 is 0 Å². The smallest absolute Gasteiger partial charge is 0.393 e. The maximum Gasteiger partial charge on any atom is 0.451 e. The molecule has 2 atom stereocenters. The van der Waals surface area contributed by atoms with Crippen molar-refractivity contribution in [2.24, 2.45) is 0 Å². The topological polar surface area (TPSA) is 79.1 Å². The fourth-order valence-corrected chi connectivity index (χ4v) is 1.63. The number of hydrogen-bond donors (Lipinski definition) is 2. The molecule has 0 bridgehead atoms. The fourth-order valence-electron chi connectivity index (χ4n) is 1.63. The number of rotatable bonds is 3. The molecule has 0 saturated heterocycles. The average Bonchev–Trinajstić information content (AvgIpc) is 2.25. The van der Waals surface area contributed by atoms with Crippen LogP contribution in [0.15, 0.2) is 0 Å². The summed E-state index contributed by atoms with van der Waals surface area (Å²) >= 11 is 0. The molecule has 1 aromatic rings. The van der Waals surface area contributed by atoms with Gasteiger partial charge in [0.15, 0.2) is 0 Å². The standard InChI is InChI=1S/C10H11F6N3O2.Cu/c1-3(20)5(4(2)21)6-17-7(9(11,12)13)19-8(18-6)10(14,15)16;/h3-5,20-21H,1-2H3;. The molecule has 1 radical (unpaired) electrons. The Morgan fingerprint density at radius 1 is 0.773 bits per heavy atom. The molecular weight excluding hydrogens is 372 g/mol. The van der Waals surface area contributed by atoms with Gasteiger partial charge in [-0.1, -0.05) is 0 Å². The van der Waals surface area contributed by atoms with Crippen molar-refractivity contribution >= 4 is 0 Å². The van der Waals surface area contributed by atoms with E-state index in [1.807, 2.05) is 0 Å². The van der Waals surface area contributed by atoms with Gasteiger partial charge < -0.3 is 10.2 Å². The molecule has 1 heterocycles. The number of aliphatic hydroxyl groups is 2. The Bertz CT molecular complexity index is 466. The Kier molecular flexibility index (Phi) is 6.76. The van der Waals surface area contributed by atoms with Gasteiger partial charge in [0.2, 0.25) is 11.6 Å². The van der Waals surface area contributed by atoms with Crippen LogP contribution in [0.25, 0.3) is 0 Å². The first-order valence-electron chi connectivity index (χ1n) is 5.60. The maximum atomic E-state index is 12.6. The van der Waals surface area contributed by atoms with E-state index in [1.165, 1.54) is 0 Å². The van der Waals surface area contributed by atoms with Crippen LogP contribution in [0.2, 0.25) is 0 Å². The van der Waals surface area contributed by atoms with Crippen LogP contribution < -0.4 is 0 Å². The van der Waals surface area contributed by atoms with Gasteiger partial charge in [-0.05, 0) is 13.8 Å². The van der Waals surface area contributed by atoms with Gasteiger partial charge in [0.25, 0.3) is 0 Å².